The van der Waals surface area contributed by atoms with Gasteiger partial charge in [-0.3, -0.25) is 24.2 Å². The second-order valence-corrected chi connectivity index (χ2v) is 17.0. The van der Waals surface area contributed by atoms with Crippen molar-refractivity contribution in [3.63, 3.8) is 0 Å². The SMILES string of the molecule is CCOc1cccc2c1N(C(=O)CN1C(=O)c3cccc4cccc(c34)C1=O)C(C)(C)C1=C2C2(SC(C(=O)OC)=C(C(=O)OC)S2)C(C(=O)OC)=C(C(=O)OC)S1. The number of hydrogen-bond acceptors (Lipinski definition) is 15. The lowest BCUT2D eigenvalue weighted by Gasteiger charge is -2.51. The number of amides is 3. The van der Waals surface area contributed by atoms with Gasteiger partial charge in [-0.05, 0) is 44.4 Å². The fourth-order valence-electron chi connectivity index (χ4n) is 7.46. The number of esters is 4. The maximum atomic E-state index is 15.1. The van der Waals surface area contributed by atoms with Crippen LogP contribution in [0.15, 0.2) is 79.8 Å². The van der Waals surface area contributed by atoms with Gasteiger partial charge in [0, 0.05) is 32.6 Å². The fraction of sp³-hybridized carbons (Fsp3) is 0.275. The van der Waals surface area contributed by atoms with Crippen molar-refractivity contribution in [2.75, 3.05) is 46.5 Å². The number of para-hydroxylation sites is 1. The number of ether oxygens (including phenoxy) is 5. The smallest absolute Gasteiger partial charge is 0.345 e. The molecular formula is C40H34N2O12S3. The summed E-state index contributed by atoms with van der Waals surface area (Å²) in [6, 6.07) is 15.2. The van der Waals surface area contributed by atoms with Crippen LogP contribution in [0.25, 0.3) is 16.3 Å². The Bertz CT molecular complexity index is 2390. The summed E-state index contributed by atoms with van der Waals surface area (Å²) >= 11 is 2.44. The van der Waals surface area contributed by atoms with Crippen molar-refractivity contribution >= 4 is 98.9 Å². The lowest BCUT2D eigenvalue weighted by Crippen LogP contribution is -2.57. The predicted molar refractivity (Wildman–Crippen MR) is 213 cm³/mol. The first-order valence-corrected chi connectivity index (χ1v) is 19.8. The van der Waals surface area contributed by atoms with Crippen molar-refractivity contribution in [3.05, 3.63) is 96.5 Å². The highest BCUT2D eigenvalue weighted by atomic mass is 32.2. The molecule has 294 valence electrons. The molecule has 0 saturated carbocycles. The second kappa shape index (κ2) is 14.8. The van der Waals surface area contributed by atoms with Crippen LogP contribution in [-0.2, 0) is 42.9 Å². The molecule has 0 atom stereocenters. The van der Waals surface area contributed by atoms with Crippen molar-refractivity contribution in [2.24, 2.45) is 0 Å². The lowest BCUT2D eigenvalue weighted by molar-refractivity contribution is -0.138. The molecule has 0 saturated heterocycles. The van der Waals surface area contributed by atoms with Crippen LogP contribution >= 0.6 is 35.3 Å². The number of carbonyl (C=O) groups is 7. The second-order valence-electron chi connectivity index (χ2n) is 13.2. The Labute approximate surface area is 338 Å². The number of carbonyl (C=O) groups excluding carboxylic acids is 7. The minimum absolute atomic E-state index is 0.165. The Balaban J connectivity index is 1.46. The molecule has 14 nitrogen and oxygen atoms in total. The molecule has 0 aromatic heterocycles. The highest BCUT2D eigenvalue weighted by Crippen LogP contribution is 2.71. The average Bonchev–Trinajstić information content (AvgIpc) is 3.60. The largest absolute Gasteiger partial charge is 0.492 e. The van der Waals surface area contributed by atoms with E-state index in [0.29, 0.717) is 26.8 Å². The van der Waals surface area contributed by atoms with Gasteiger partial charge in [0.1, 0.15) is 31.1 Å². The standard InChI is InChI=1S/C40H34N2O12S3/c1-8-54-23-17-11-16-22-26-32(55-29(36(47)51-5)27(35(46)50-4)40(26)56-30(37(48)52-6)31(57-40)38(49)53-7)39(2,3)42(28(22)23)24(43)18-41-33(44)20-14-9-12-19-13-10-15-21(25(19)20)34(41)45/h9-17H,8,18H2,1-7H3. The van der Waals surface area contributed by atoms with Crippen LogP contribution in [0.3, 0.4) is 0 Å². The van der Waals surface area contributed by atoms with E-state index < -0.39 is 57.8 Å². The van der Waals surface area contributed by atoms with Gasteiger partial charge in [0.15, 0.2) is 0 Å². The third-order valence-corrected chi connectivity index (χ3v) is 14.5. The van der Waals surface area contributed by atoms with Crippen LogP contribution in [0.4, 0.5) is 5.69 Å². The molecule has 3 aromatic carbocycles. The van der Waals surface area contributed by atoms with E-state index in [9.17, 15) is 28.8 Å². The Morgan fingerprint density at radius 3 is 1.72 bits per heavy atom. The quantitative estimate of drug-likeness (QED) is 0.159. The molecule has 4 aliphatic heterocycles. The Kier molecular flexibility index (Phi) is 10.3. The fourth-order valence-corrected chi connectivity index (χ4v) is 12.5. The number of anilines is 1. The molecule has 3 aromatic rings. The van der Waals surface area contributed by atoms with E-state index in [4.69, 9.17) is 23.7 Å². The summed E-state index contributed by atoms with van der Waals surface area (Å²) in [5.41, 5.74) is -0.275. The Hall–Kier alpha value is -5.52. The number of fused-ring (bicyclic) bond motifs is 3. The van der Waals surface area contributed by atoms with Crippen LogP contribution in [-0.4, -0.2) is 97.7 Å². The molecule has 0 bridgehead atoms. The minimum Gasteiger partial charge on any atom is -0.492 e. The zero-order valence-electron chi connectivity index (χ0n) is 31.6. The molecule has 0 radical (unpaired) electrons. The van der Waals surface area contributed by atoms with Crippen LogP contribution in [0.2, 0.25) is 0 Å². The van der Waals surface area contributed by atoms with Gasteiger partial charge in [0.25, 0.3) is 11.8 Å². The first kappa shape index (κ1) is 39.7. The summed E-state index contributed by atoms with van der Waals surface area (Å²) in [4.78, 5) is 99.7. The van der Waals surface area contributed by atoms with E-state index >= 15 is 4.79 Å². The van der Waals surface area contributed by atoms with E-state index in [1.54, 1.807) is 75.4 Å². The number of rotatable bonds is 8. The van der Waals surface area contributed by atoms with Gasteiger partial charge in [0.05, 0.1) is 51.8 Å². The van der Waals surface area contributed by atoms with Gasteiger partial charge < -0.3 is 23.7 Å². The van der Waals surface area contributed by atoms with E-state index in [1.807, 2.05) is 0 Å². The number of nitrogens with zero attached hydrogens (tertiary/aromatic N) is 2. The topological polar surface area (TPSA) is 172 Å². The molecule has 0 unspecified atom stereocenters. The molecule has 7 rings (SSSR count). The van der Waals surface area contributed by atoms with Crippen molar-refractivity contribution in [1.82, 2.24) is 4.90 Å². The third kappa shape index (κ3) is 5.93. The molecular weight excluding hydrogens is 797 g/mol. The van der Waals surface area contributed by atoms with Crippen LogP contribution in [0.5, 0.6) is 5.75 Å². The summed E-state index contributed by atoms with van der Waals surface area (Å²) in [6.07, 6.45) is 0. The predicted octanol–water partition coefficient (Wildman–Crippen LogP) is 5.45. The summed E-state index contributed by atoms with van der Waals surface area (Å²) < 4.78 is 24.9. The number of hydrogen-bond donors (Lipinski definition) is 0. The molecule has 1 spiro atoms. The van der Waals surface area contributed by atoms with E-state index in [-0.39, 0.29) is 49.5 Å². The van der Waals surface area contributed by atoms with Gasteiger partial charge in [-0.2, -0.15) is 0 Å². The monoisotopic (exact) mass is 830 g/mol. The summed E-state index contributed by atoms with van der Waals surface area (Å²) in [6.45, 7) is 4.63. The third-order valence-electron chi connectivity index (χ3n) is 9.82. The van der Waals surface area contributed by atoms with E-state index in [0.717, 1.165) is 68.6 Å². The first-order chi connectivity index (χ1) is 27.2. The maximum Gasteiger partial charge on any atom is 0.345 e. The zero-order chi connectivity index (χ0) is 41.1. The lowest BCUT2D eigenvalue weighted by atomic mass is 9.83. The molecule has 57 heavy (non-hydrogen) atoms. The van der Waals surface area contributed by atoms with Crippen LogP contribution in [0.1, 0.15) is 47.1 Å². The molecule has 0 fully saturated rings. The molecule has 3 amide bonds. The summed E-state index contributed by atoms with van der Waals surface area (Å²) in [5.74, 6) is -5.44. The molecule has 4 aliphatic rings. The molecule has 4 heterocycles. The molecule has 17 heteroatoms. The van der Waals surface area contributed by atoms with E-state index in [2.05, 4.69) is 0 Å². The Morgan fingerprint density at radius 1 is 0.684 bits per heavy atom. The highest BCUT2D eigenvalue weighted by molar-refractivity contribution is 8.26. The van der Waals surface area contributed by atoms with Gasteiger partial charge >= 0.3 is 23.9 Å². The van der Waals surface area contributed by atoms with Gasteiger partial charge in [-0.1, -0.05) is 71.7 Å². The highest BCUT2D eigenvalue weighted by Gasteiger charge is 2.62. The molecule has 0 aliphatic carbocycles. The average molecular weight is 831 g/mol. The number of thioether (sulfide) groups is 3. The number of imide groups is 1. The zero-order valence-corrected chi connectivity index (χ0v) is 34.1. The van der Waals surface area contributed by atoms with Crippen LogP contribution < -0.4 is 9.64 Å². The van der Waals surface area contributed by atoms with Gasteiger partial charge in [0.2, 0.25) is 5.91 Å². The van der Waals surface area contributed by atoms with Gasteiger partial charge in [-0.25, -0.2) is 19.2 Å². The van der Waals surface area contributed by atoms with Crippen molar-refractivity contribution in [1.29, 1.82) is 0 Å². The Morgan fingerprint density at radius 2 is 1.19 bits per heavy atom. The van der Waals surface area contributed by atoms with Crippen molar-refractivity contribution in [3.8, 4) is 5.75 Å². The summed E-state index contributed by atoms with van der Waals surface area (Å²) in [7, 11) is 4.52. The maximum absolute atomic E-state index is 15.1. The number of benzene rings is 3. The summed E-state index contributed by atoms with van der Waals surface area (Å²) in [5, 5.41) is 1.21. The number of methoxy groups -OCH3 is 4. The van der Waals surface area contributed by atoms with Crippen molar-refractivity contribution < 1.29 is 57.2 Å². The van der Waals surface area contributed by atoms with E-state index in [1.165, 1.54) is 4.90 Å². The van der Waals surface area contributed by atoms with Gasteiger partial charge in [-0.15, -0.1) is 0 Å². The van der Waals surface area contributed by atoms with Crippen LogP contribution in [0, 0.1) is 0 Å². The van der Waals surface area contributed by atoms with Crippen molar-refractivity contribution in [2.45, 2.75) is 30.4 Å². The minimum atomic E-state index is -1.82. The normalized spacial score (nSPS) is 17.7. The molecule has 0 N–H and O–H groups in total. The first-order valence-electron chi connectivity index (χ1n) is 17.3.